The summed E-state index contributed by atoms with van der Waals surface area (Å²) < 4.78 is 123. The summed E-state index contributed by atoms with van der Waals surface area (Å²) in [4.78, 5) is -2.92. The summed E-state index contributed by atoms with van der Waals surface area (Å²) in [6.07, 6.45) is 0. The Morgan fingerprint density at radius 3 is 2.00 bits per heavy atom. The molecule has 1 saturated heterocycles. The van der Waals surface area contributed by atoms with Crippen molar-refractivity contribution >= 4 is 19.9 Å². The van der Waals surface area contributed by atoms with Gasteiger partial charge in [0.2, 0.25) is 10.0 Å². The summed E-state index contributed by atoms with van der Waals surface area (Å²) >= 11 is 0. The molecule has 0 unspecified atom stereocenters. The average Bonchev–Trinajstić information content (AvgIpc) is 2.34. The van der Waals surface area contributed by atoms with Crippen molar-refractivity contribution in [2.24, 2.45) is 0 Å². The third-order valence-electron chi connectivity index (χ3n) is 2.95. The molecule has 0 aliphatic carbocycles. The van der Waals surface area contributed by atoms with Crippen molar-refractivity contribution in [3.8, 4) is 0 Å². The maximum atomic E-state index is 13.4. The second-order valence-electron chi connectivity index (χ2n) is 4.67. The number of hydrogen-bond donors (Lipinski definition) is 0. The third-order valence-corrected chi connectivity index (χ3v) is 6.24. The molecule has 0 radical (unpaired) electrons. The van der Waals surface area contributed by atoms with E-state index >= 15 is 0 Å². The van der Waals surface area contributed by atoms with Crippen molar-refractivity contribution in [1.82, 2.24) is 4.31 Å². The lowest BCUT2D eigenvalue weighted by atomic mass is 10.2. The molecule has 0 bridgehead atoms. The second kappa shape index (κ2) is 5.08. The number of nitrogens with zero attached hydrogens (tertiary/aromatic N) is 1. The summed E-state index contributed by atoms with van der Waals surface area (Å²) in [6, 6.07) is 0.671. The monoisotopic (exact) mass is 383 g/mol. The minimum absolute atomic E-state index is 0.0377. The number of alkyl halides is 5. The summed E-state index contributed by atoms with van der Waals surface area (Å²) in [5, 5.41) is 0. The van der Waals surface area contributed by atoms with E-state index in [9.17, 15) is 43.2 Å². The van der Waals surface area contributed by atoms with Gasteiger partial charge in [-0.3, -0.25) is 0 Å². The van der Waals surface area contributed by atoms with Crippen LogP contribution in [0.2, 0.25) is 0 Å². The predicted octanol–water partition coefficient (Wildman–Crippen LogP) is 1.76. The summed E-state index contributed by atoms with van der Waals surface area (Å²) in [5.41, 5.74) is -5.85. The molecule has 2 rings (SSSR count). The molecule has 1 aliphatic heterocycles. The van der Waals surface area contributed by atoms with E-state index in [-0.39, 0.29) is 16.4 Å². The third kappa shape index (κ3) is 3.04. The van der Waals surface area contributed by atoms with Gasteiger partial charge in [0.15, 0.2) is 0 Å². The van der Waals surface area contributed by atoms with Gasteiger partial charge in [-0.15, -0.1) is 0 Å². The highest BCUT2D eigenvalue weighted by atomic mass is 32.2. The topological polar surface area (TPSA) is 71.5 Å². The van der Waals surface area contributed by atoms with Crippen LogP contribution in [-0.4, -0.2) is 45.7 Å². The quantitative estimate of drug-likeness (QED) is 0.746. The van der Waals surface area contributed by atoms with Crippen molar-refractivity contribution in [2.75, 3.05) is 13.1 Å². The van der Waals surface area contributed by atoms with Crippen LogP contribution in [0.15, 0.2) is 28.0 Å². The lowest BCUT2D eigenvalue weighted by molar-refractivity contribution is -0.0945. The maximum Gasteiger partial charge on any atom is 0.502 e. The first-order valence-corrected chi connectivity index (χ1v) is 8.60. The van der Waals surface area contributed by atoms with Crippen molar-refractivity contribution in [1.29, 1.82) is 0 Å². The fourth-order valence-corrected chi connectivity index (χ4v) is 4.22. The van der Waals surface area contributed by atoms with Crippen LogP contribution in [0, 0.1) is 5.82 Å². The molecule has 23 heavy (non-hydrogen) atoms. The fourth-order valence-electron chi connectivity index (χ4n) is 1.76. The number of rotatable bonds is 3. The normalized spacial score (nSPS) is 19.4. The van der Waals surface area contributed by atoms with Crippen LogP contribution in [0.1, 0.15) is 0 Å². The maximum absolute atomic E-state index is 13.4. The Morgan fingerprint density at radius 2 is 1.57 bits per heavy atom. The van der Waals surface area contributed by atoms with Crippen molar-refractivity contribution in [3.05, 3.63) is 24.0 Å². The van der Waals surface area contributed by atoms with Crippen LogP contribution in [0.4, 0.5) is 26.3 Å². The van der Waals surface area contributed by atoms with E-state index < -0.39 is 60.0 Å². The highest BCUT2D eigenvalue weighted by molar-refractivity contribution is 7.92. The van der Waals surface area contributed by atoms with Crippen molar-refractivity contribution in [2.45, 2.75) is 21.2 Å². The Labute approximate surface area is 126 Å². The van der Waals surface area contributed by atoms with E-state index in [1.54, 1.807) is 0 Å². The van der Waals surface area contributed by atoms with E-state index in [1.165, 1.54) is 0 Å². The Balaban J connectivity index is 2.51. The number of halogens is 6. The Bertz CT molecular complexity index is 839. The minimum Gasteiger partial charge on any atom is -0.214 e. The molecule has 0 aromatic heterocycles. The Hall–Kier alpha value is -1.34. The molecule has 13 heteroatoms. The zero-order chi connectivity index (χ0) is 17.8. The molecule has 1 aromatic rings. The van der Waals surface area contributed by atoms with E-state index in [0.717, 1.165) is 0 Å². The zero-order valence-electron chi connectivity index (χ0n) is 10.8. The number of sulfone groups is 1. The number of sulfonamides is 1. The van der Waals surface area contributed by atoms with Gasteiger partial charge in [-0.05, 0) is 18.2 Å². The standard InChI is InChI=1S/C10H7F6NO4S2/c11-7-2-1-6(3-8(7)22(18,19)10(14,15)16)23(20,21)17-4-9(12,13)5-17/h1-3H,4-5H2. The number of hydrogen-bond acceptors (Lipinski definition) is 4. The van der Waals surface area contributed by atoms with E-state index in [2.05, 4.69) is 0 Å². The molecule has 0 saturated carbocycles. The Morgan fingerprint density at radius 1 is 1.04 bits per heavy atom. The van der Waals surface area contributed by atoms with Crippen LogP contribution in [0.3, 0.4) is 0 Å². The van der Waals surface area contributed by atoms with Gasteiger partial charge in [-0.2, -0.15) is 17.5 Å². The van der Waals surface area contributed by atoms with Gasteiger partial charge < -0.3 is 0 Å². The summed E-state index contributed by atoms with van der Waals surface area (Å²) in [6.45, 7) is -2.40. The first-order chi connectivity index (χ1) is 10.2. The second-order valence-corrected chi connectivity index (χ2v) is 8.52. The highest BCUT2D eigenvalue weighted by Crippen LogP contribution is 2.35. The van der Waals surface area contributed by atoms with Crippen LogP contribution >= 0.6 is 0 Å². The molecule has 1 aromatic carbocycles. The highest BCUT2D eigenvalue weighted by Gasteiger charge is 2.51. The van der Waals surface area contributed by atoms with Gasteiger partial charge in [-0.25, -0.2) is 30.0 Å². The van der Waals surface area contributed by atoms with Crippen LogP contribution < -0.4 is 0 Å². The smallest absolute Gasteiger partial charge is 0.214 e. The Kier molecular flexibility index (Phi) is 3.97. The average molecular weight is 383 g/mol. The van der Waals surface area contributed by atoms with Crippen LogP contribution in [-0.2, 0) is 19.9 Å². The first-order valence-electron chi connectivity index (χ1n) is 5.67. The van der Waals surface area contributed by atoms with Crippen molar-refractivity contribution in [3.63, 3.8) is 0 Å². The van der Waals surface area contributed by atoms with Gasteiger partial charge in [0.25, 0.3) is 15.8 Å². The fraction of sp³-hybridized carbons (Fsp3) is 0.400. The molecule has 5 nitrogen and oxygen atoms in total. The lowest BCUT2D eigenvalue weighted by Gasteiger charge is -2.37. The largest absolute Gasteiger partial charge is 0.502 e. The summed E-state index contributed by atoms with van der Waals surface area (Å²) in [5.74, 6) is -5.09. The molecule has 1 aliphatic rings. The molecule has 0 spiro atoms. The SMILES string of the molecule is O=S(=O)(c1ccc(F)c(S(=O)(=O)C(F)(F)F)c1)N1CC(F)(F)C1. The lowest BCUT2D eigenvalue weighted by Crippen LogP contribution is -2.58. The molecular weight excluding hydrogens is 376 g/mol. The predicted molar refractivity (Wildman–Crippen MR) is 63.3 cm³/mol. The number of benzene rings is 1. The molecule has 0 amide bonds. The summed E-state index contributed by atoms with van der Waals surface area (Å²) in [7, 11) is -10.8. The van der Waals surface area contributed by atoms with Gasteiger partial charge in [-0.1, -0.05) is 0 Å². The minimum atomic E-state index is -6.13. The van der Waals surface area contributed by atoms with E-state index in [4.69, 9.17) is 0 Å². The molecule has 1 heterocycles. The van der Waals surface area contributed by atoms with Crippen LogP contribution in [0.25, 0.3) is 0 Å². The molecule has 130 valence electrons. The molecule has 0 atom stereocenters. The molecule has 1 fully saturated rings. The van der Waals surface area contributed by atoms with E-state index in [0.29, 0.717) is 6.07 Å². The van der Waals surface area contributed by atoms with Gasteiger partial charge in [0.05, 0.1) is 18.0 Å². The molecule has 0 N–H and O–H groups in total. The zero-order valence-corrected chi connectivity index (χ0v) is 12.4. The van der Waals surface area contributed by atoms with Gasteiger partial charge in [0, 0.05) is 0 Å². The van der Waals surface area contributed by atoms with Crippen molar-refractivity contribution < 1.29 is 43.2 Å². The first kappa shape index (κ1) is 18.0. The van der Waals surface area contributed by atoms with E-state index in [1.807, 2.05) is 0 Å². The van der Waals surface area contributed by atoms with Gasteiger partial charge >= 0.3 is 5.51 Å². The van der Waals surface area contributed by atoms with Gasteiger partial charge in [0.1, 0.15) is 10.7 Å². The molecular formula is C10H7F6NO4S2. The van der Waals surface area contributed by atoms with Crippen LogP contribution in [0.5, 0.6) is 0 Å².